The number of ether oxygens (including phenoxy) is 1. The van der Waals surface area contributed by atoms with Crippen molar-refractivity contribution < 1.29 is 14.3 Å². The average Bonchev–Trinajstić information content (AvgIpc) is 3.06. The number of hydrogen-bond donors (Lipinski definition) is 1. The van der Waals surface area contributed by atoms with E-state index in [1.165, 1.54) is 0 Å². The van der Waals surface area contributed by atoms with Crippen LogP contribution in [0.2, 0.25) is 0 Å². The van der Waals surface area contributed by atoms with Crippen LogP contribution >= 0.6 is 23.2 Å². The van der Waals surface area contributed by atoms with Crippen LogP contribution in [0.25, 0.3) is 0 Å². The Hall–Kier alpha value is -1.30. The number of hydrogen-bond acceptors (Lipinski definition) is 3. The Balaban J connectivity index is 1.79. The highest BCUT2D eigenvalue weighted by molar-refractivity contribution is 6.53. The fourth-order valence-electron chi connectivity index (χ4n) is 3.20. The van der Waals surface area contributed by atoms with E-state index >= 15 is 0 Å². The molecule has 2 amide bonds. The van der Waals surface area contributed by atoms with Crippen molar-refractivity contribution in [1.29, 1.82) is 0 Å². The lowest BCUT2D eigenvalue weighted by atomic mass is 10.1. The van der Waals surface area contributed by atoms with Gasteiger partial charge in [0.1, 0.15) is 4.33 Å². The van der Waals surface area contributed by atoms with Crippen LogP contribution < -0.4 is 5.32 Å². The highest BCUT2D eigenvalue weighted by Gasteiger charge is 2.67. The van der Waals surface area contributed by atoms with Gasteiger partial charge in [-0.3, -0.25) is 9.59 Å². The van der Waals surface area contributed by atoms with Crippen LogP contribution in [0, 0.1) is 5.41 Å². The summed E-state index contributed by atoms with van der Waals surface area (Å²) in [4.78, 5) is 27.3. The van der Waals surface area contributed by atoms with Crippen LogP contribution in [0.5, 0.6) is 0 Å². The Morgan fingerprint density at radius 1 is 1.20 bits per heavy atom. The number of carbonyl (C=O) groups excluding carboxylic acids is 2. The van der Waals surface area contributed by atoms with Crippen LogP contribution in [0.3, 0.4) is 0 Å². The molecule has 25 heavy (non-hydrogen) atoms. The van der Waals surface area contributed by atoms with Gasteiger partial charge in [0.05, 0.1) is 28.9 Å². The first-order valence-corrected chi connectivity index (χ1v) is 9.13. The number of halogens is 2. The van der Waals surface area contributed by atoms with Gasteiger partial charge < -0.3 is 15.0 Å². The van der Waals surface area contributed by atoms with Gasteiger partial charge >= 0.3 is 0 Å². The van der Waals surface area contributed by atoms with Crippen molar-refractivity contribution in [2.75, 3.05) is 18.4 Å². The predicted molar refractivity (Wildman–Crippen MR) is 98.1 cm³/mol. The number of benzene rings is 1. The smallest absolute Gasteiger partial charge is 0.256 e. The molecule has 1 N–H and O–H groups in total. The van der Waals surface area contributed by atoms with E-state index in [0.29, 0.717) is 30.8 Å². The number of para-hydroxylation sites is 1. The molecule has 0 aromatic heterocycles. The highest BCUT2D eigenvalue weighted by Crippen LogP contribution is 2.64. The summed E-state index contributed by atoms with van der Waals surface area (Å²) in [5.74, 6) is -0.400. The summed E-state index contributed by atoms with van der Waals surface area (Å²) in [5.41, 5.74) is 0.0894. The fourth-order valence-corrected chi connectivity index (χ4v) is 3.91. The minimum Gasteiger partial charge on any atom is -0.372 e. The second kappa shape index (κ2) is 6.45. The van der Waals surface area contributed by atoms with Gasteiger partial charge in [0.25, 0.3) is 5.91 Å². The maximum absolute atomic E-state index is 13.0. The van der Waals surface area contributed by atoms with Crippen LogP contribution in [0.15, 0.2) is 24.3 Å². The van der Waals surface area contributed by atoms with Crippen LogP contribution in [-0.4, -0.2) is 46.3 Å². The SMILES string of the molecule is CC1CN(C(=O)c2ccccc2NC(=O)C2(C)CC2(Cl)Cl)CC(C)O1. The molecule has 3 rings (SSSR count). The molecule has 1 heterocycles. The topological polar surface area (TPSA) is 58.6 Å². The highest BCUT2D eigenvalue weighted by atomic mass is 35.5. The quantitative estimate of drug-likeness (QED) is 0.811. The second-order valence-corrected chi connectivity index (χ2v) is 8.66. The average molecular weight is 385 g/mol. The molecule has 3 atom stereocenters. The molecule has 7 heteroatoms. The zero-order chi connectivity index (χ0) is 18.4. The number of rotatable bonds is 3. The second-order valence-electron chi connectivity index (χ2n) is 7.18. The summed E-state index contributed by atoms with van der Waals surface area (Å²) in [6, 6.07) is 6.99. The van der Waals surface area contributed by atoms with Crippen molar-refractivity contribution in [2.24, 2.45) is 5.41 Å². The lowest BCUT2D eigenvalue weighted by molar-refractivity contribution is -0.120. The minimum absolute atomic E-state index is 0.0204. The van der Waals surface area contributed by atoms with Crippen molar-refractivity contribution in [3.8, 4) is 0 Å². The van der Waals surface area contributed by atoms with E-state index in [9.17, 15) is 9.59 Å². The maximum atomic E-state index is 13.0. The number of morpholine rings is 1. The third-order valence-electron chi connectivity index (χ3n) is 4.87. The Bertz CT molecular complexity index is 699. The summed E-state index contributed by atoms with van der Waals surface area (Å²) in [7, 11) is 0. The van der Waals surface area contributed by atoms with Gasteiger partial charge in [-0.2, -0.15) is 0 Å². The van der Waals surface area contributed by atoms with Crippen molar-refractivity contribution in [3.63, 3.8) is 0 Å². The van der Waals surface area contributed by atoms with E-state index in [1.54, 1.807) is 36.1 Å². The normalized spacial score (nSPS) is 30.7. The van der Waals surface area contributed by atoms with Crippen LogP contribution in [-0.2, 0) is 9.53 Å². The molecule has 1 aliphatic carbocycles. The molecule has 2 aliphatic rings. The Labute approximate surface area is 157 Å². The number of alkyl halides is 2. The number of nitrogens with one attached hydrogen (secondary N) is 1. The standard InChI is InChI=1S/C18H22Cl2N2O3/c1-11-8-22(9-12(2)25-11)15(23)13-6-4-5-7-14(13)21-16(24)17(3)10-18(17,19)20/h4-7,11-12H,8-10H2,1-3H3,(H,21,24). The van der Waals surface area contributed by atoms with E-state index < -0.39 is 9.75 Å². The first kappa shape index (κ1) is 18.5. The molecule has 0 radical (unpaired) electrons. The maximum Gasteiger partial charge on any atom is 0.256 e. The molecule has 0 spiro atoms. The molecule has 1 saturated heterocycles. The lowest BCUT2D eigenvalue weighted by Gasteiger charge is -2.35. The van der Waals surface area contributed by atoms with Crippen molar-refractivity contribution in [3.05, 3.63) is 29.8 Å². The first-order chi connectivity index (χ1) is 11.6. The van der Waals surface area contributed by atoms with E-state index in [4.69, 9.17) is 27.9 Å². The number of anilines is 1. The van der Waals surface area contributed by atoms with Gasteiger partial charge in [-0.1, -0.05) is 12.1 Å². The van der Waals surface area contributed by atoms with Gasteiger partial charge in [-0.15, -0.1) is 23.2 Å². The van der Waals surface area contributed by atoms with Crippen molar-refractivity contribution >= 4 is 40.7 Å². The Morgan fingerprint density at radius 3 is 2.32 bits per heavy atom. The molecule has 1 saturated carbocycles. The zero-order valence-electron chi connectivity index (χ0n) is 14.5. The molecular formula is C18H22Cl2N2O3. The summed E-state index contributed by atoms with van der Waals surface area (Å²) in [6.07, 6.45) is 0.352. The molecule has 3 unspecified atom stereocenters. The zero-order valence-corrected chi connectivity index (χ0v) is 16.0. The van der Waals surface area contributed by atoms with Crippen LogP contribution in [0.1, 0.15) is 37.6 Å². The number of amides is 2. The number of nitrogens with zero attached hydrogens (tertiary/aromatic N) is 1. The van der Waals surface area contributed by atoms with Gasteiger partial charge in [0.2, 0.25) is 5.91 Å². The van der Waals surface area contributed by atoms with Gasteiger partial charge in [0.15, 0.2) is 0 Å². The summed E-state index contributed by atoms with van der Waals surface area (Å²) in [5, 5.41) is 2.82. The van der Waals surface area contributed by atoms with E-state index in [-0.39, 0.29) is 24.0 Å². The predicted octanol–water partition coefficient (Wildman–Crippen LogP) is 3.46. The molecule has 2 fully saturated rings. The van der Waals surface area contributed by atoms with E-state index in [0.717, 1.165) is 0 Å². The third kappa shape index (κ3) is 3.50. The van der Waals surface area contributed by atoms with E-state index in [2.05, 4.69) is 5.32 Å². The summed E-state index contributed by atoms with van der Waals surface area (Å²) < 4.78 is 4.63. The van der Waals surface area contributed by atoms with Gasteiger partial charge in [-0.05, 0) is 39.3 Å². The molecule has 136 valence electrons. The van der Waals surface area contributed by atoms with Crippen molar-refractivity contribution in [1.82, 2.24) is 4.90 Å². The van der Waals surface area contributed by atoms with Crippen molar-refractivity contribution in [2.45, 2.75) is 43.7 Å². The largest absolute Gasteiger partial charge is 0.372 e. The molecular weight excluding hydrogens is 363 g/mol. The molecule has 1 aromatic carbocycles. The first-order valence-electron chi connectivity index (χ1n) is 8.37. The Kier molecular flexibility index (Phi) is 4.77. The summed E-state index contributed by atoms with van der Waals surface area (Å²) >= 11 is 12.2. The Morgan fingerprint density at radius 2 is 1.76 bits per heavy atom. The minimum atomic E-state index is -1.05. The summed E-state index contributed by atoms with van der Waals surface area (Å²) in [6.45, 7) is 6.65. The van der Waals surface area contributed by atoms with Gasteiger partial charge in [-0.25, -0.2) is 0 Å². The molecule has 0 bridgehead atoms. The van der Waals surface area contributed by atoms with Crippen LogP contribution in [0.4, 0.5) is 5.69 Å². The molecule has 1 aromatic rings. The van der Waals surface area contributed by atoms with E-state index in [1.807, 2.05) is 13.8 Å². The lowest BCUT2D eigenvalue weighted by Crippen LogP contribution is -2.48. The fraction of sp³-hybridized carbons (Fsp3) is 0.556. The third-order valence-corrected chi connectivity index (χ3v) is 5.97. The number of carbonyl (C=O) groups is 2. The molecule has 1 aliphatic heterocycles. The molecule has 5 nitrogen and oxygen atoms in total. The van der Waals surface area contributed by atoms with Gasteiger partial charge in [0, 0.05) is 13.1 Å². The monoisotopic (exact) mass is 384 g/mol.